The topological polar surface area (TPSA) is 173 Å². The average Bonchev–Trinajstić information content (AvgIpc) is 3.54. The number of hydrogen-bond acceptors (Lipinski definition) is 7. The van der Waals surface area contributed by atoms with Gasteiger partial charge in [0.05, 0.1) is 12.1 Å². The summed E-state index contributed by atoms with van der Waals surface area (Å²) < 4.78 is 0. The highest BCUT2D eigenvalue weighted by molar-refractivity contribution is 7.98. The Morgan fingerprint density at radius 2 is 1.84 bits per heavy atom. The molecule has 2 heterocycles. The summed E-state index contributed by atoms with van der Waals surface area (Å²) in [5.74, 6) is -2.34. The van der Waals surface area contributed by atoms with E-state index in [-0.39, 0.29) is 18.4 Å². The molecule has 1 fully saturated rings. The molecular weight excluding hydrogens is 498 g/mol. The molecule has 0 spiro atoms. The lowest BCUT2D eigenvalue weighted by Crippen LogP contribution is -2.58. The number of aliphatic hydroxyl groups is 1. The van der Waals surface area contributed by atoms with Crippen molar-refractivity contribution >= 4 is 46.4 Å². The first-order valence-corrected chi connectivity index (χ1v) is 13.7. The number of carboxylic acid groups (broad SMARTS) is 1. The Morgan fingerprint density at radius 1 is 1.11 bits per heavy atom. The van der Waals surface area contributed by atoms with Crippen LogP contribution < -0.4 is 21.3 Å². The van der Waals surface area contributed by atoms with Gasteiger partial charge in [0.1, 0.15) is 12.1 Å². The van der Waals surface area contributed by atoms with Crippen LogP contribution in [-0.2, 0) is 25.6 Å². The van der Waals surface area contributed by atoms with Gasteiger partial charge in [0, 0.05) is 23.5 Å². The lowest BCUT2D eigenvalue weighted by Gasteiger charge is -2.26. The molecule has 0 aliphatic carbocycles. The number of para-hydroxylation sites is 1. The highest BCUT2D eigenvalue weighted by Crippen LogP contribution is 2.19. The third-order valence-corrected chi connectivity index (χ3v) is 7.04. The minimum absolute atomic E-state index is 0.0705. The molecule has 202 valence electrons. The molecule has 7 N–H and O–H groups in total. The molecule has 1 aliphatic heterocycles. The smallest absolute Gasteiger partial charge is 0.328 e. The first-order valence-electron chi connectivity index (χ1n) is 12.3. The fourth-order valence-electron chi connectivity index (χ4n) is 4.33. The Bertz CT molecular complexity index is 1100. The number of carboxylic acids is 1. The van der Waals surface area contributed by atoms with E-state index >= 15 is 0 Å². The van der Waals surface area contributed by atoms with Crippen molar-refractivity contribution in [1.29, 1.82) is 0 Å². The molecule has 1 saturated heterocycles. The summed E-state index contributed by atoms with van der Waals surface area (Å²) in [7, 11) is 0. The third-order valence-electron chi connectivity index (χ3n) is 6.40. The van der Waals surface area contributed by atoms with Crippen LogP contribution in [0.15, 0.2) is 30.5 Å². The lowest BCUT2D eigenvalue weighted by molar-refractivity contribution is -0.145. The van der Waals surface area contributed by atoms with Crippen LogP contribution >= 0.6 is 11.8 Å². The summed E-state index contributed by atoms with van der Waals surface area (Å²) >= 11 is 1.53. The van der Waals surface area contributed by atoms with E-state index in [4.69, 9.17) is 0 Å². The van der Waals surface area contributed by atoms with E-state index in [2.05, 4.69) is 26.3 Å². The predicted octanol–water partition coefficient (Wildman–Crippen LogP) is 0.135. The SMILES string of the molecule is CSCCC(NC(=O)C1CCCN1)C(=O)NC(Cc1c[nH]c2ccccc12)C(=O)NC(C(=O)O)C(C)O. The second-order valence-electron chi connectivity index (χ2n) is 9.18. The van der Waals surface area contributed by atoms with E-state index in [0.717, 1.165) is 29.4 Å². The number of aliphatic carboxylic acids is 1. The molecule has 0 bridgehead atoms. The van der Waals surface area contributed by atoms with Crippen molar-refractivity contribution in [2.75, 3.05) is 18.6 Å². The first kappa shape index (κ1) is 28.5. The number of H-pyrrole nitrogens is 1. The summed E-state index contributed by atoms with van der Waals surface area (Å²) in [4.78, 5) is 54.0. The number of aromatic nitrogens is 1. The standard InChI is InChI=1S/C25H35N5O6S/c1-14(31)21(25(35)36)30-24(34)20(12-15-13-27-17-7-4-3-6-16(15)17)29-23(33)19(9-11-37-2)28-22(32)18-8-5-10-26-18/h3-4,6-7,13-14,18-21,26-27,31H,5,8-12H2,1-2H3,(H,28,32)(H,29,33)(H,30,34)(H,35,36). The third kappa shape index (κ3) is 7.70. The van der Waals surface area contributed by atoms with Gasteiger partial charge in [-0.15, -0.1) is 0 Å². The maximum Gasteiger partial charge on any atom is 0.328 e. The lowest BCUT2D eigenvalue weighted by atomic mass is 10.0. The maximum atomic E-state index is 13.4. The number of aliphatic hydroxyl groups excluding tert-OH is 1. The van der Waals surface area contributed by atoms with Crippen LogP contribution in [0.1, 0.15) is 31.7 Å². The van der Waals surface area contributed by atoms with Gasteiger partial charge in [-0.1, -0.05) is 18.2 Å². The van der Waals surface area contributed by atoms with Gasteiger partial charge in [-0.2, -0.15) is 11.8 Å². The zero-order chi connectivity index (χ0) is 26.9. The van der Waals surface area contributed by atoms with Crippen molar-refractivity contribution in [3.05, 3.63) is 36.0 Å². The molecule has 11 nitrogen and oxygen atoms in total. The molecule has 5 unspecified atom stereocenters. The number of amides is 3. The van der Waals surface area contributed by atoms with E-state index in [9.17, 15) is 29.4 Å². The van der Waals surface area contributed by atoms with Crippen molar-refractivity contribution < 1.29 is 29.4 Å². The Labute approximate surface area is 219 Å². The second kappa shape index (κ2) is 13.5. The largest absolute Gasteiger partial charge is 0.480 e. The first-order chi connectivity index (χ1) is 17.7. The number of benzene rings is 1. The number of carbonyl (C=O) groups excluding carboxylic acids is 3. The fourth-order valence-corrected chi connectivity index (χ4v) is 4.80. The van der Waals surface area contributed by atoms with Crippen LogP contribution in [-0.4, -0.2) is 87.7 Å². The Kier molecular flexibility index (Phi) is 10.4. The number of nitrogens with one attached hydrogen (secondary N) is 5. The molecular formula is C25H35N5O6S. The van der Waals surface area contributed by atoms with Gasteiger partial charge in [0.2, 0.25) is 17.7 Å². The van der Waals surface area contributed by atoms with Gasteiger partial charge in [-0.25, -0.2) is 4.79 Å². The van der Waals surface area contributed by atoms with Crippen LogP contribution in [0.25, 0.3) is 10.9 Å². The molecule has 12 heteroatoms. The van der Waals surface area contributed by atoms with Crippen molar-refractivity contribution in [1.82, 2.24) is 26.3 Å². The monoisotopic (exact) mass is 533 g/mol. The second-order valence-corrected chi connectivity index (χ2v) is 10.2. The summed E-state index contributed by atoms with van der Waals surface area (Å²) in [6.07, 6.45) is 4.27. The molecule has 5 atom stereocenters. The van der Waals surface area contributed by atoms with Gasteiger partial charge in [-0.05, 0) is 56.4 Å². The van der Waals surface area contributed by atoms with Gasteiger partial charge in [-0.3, -0.25) is 14.4 Å². The number of fused-ring (bicyclic) bond motifs is 1. The molecule has 1 aromatic heterocycles. The molecule has 3 amide bonds. The van der Waals surface area contributed by atoms with Crippen LogP contribution in [0.4, 0.5) is 0 Å². The molecule has 37 heavy (non-hydrogen) atoms. The highest BCUT2D eigenvalue weighted by atomic mass is 32.2. The Balaban J connectivity index is 1.82. The maximum absolute atomic E-state index is 13.4. The number of thioether (sulfide) groups is 1. The molecule has 3 rings (SSSR count). The quantitative estimate of drug-likeness (QED) is 0.190. The zero-order valence-corrected chi connectivity index (χ0v) is 21.8. The van der Waals surface area contributed by atoms with Crippen molar-refractivity contribution in [2.45, 2.75) is 62.9 Å². The minimum Gasteiger partial charge on any atom is -0.480 e. The summed E-state index contributed by atoms with van der Waals surface area (Å²) in [6.45, 7) is 2.00. The van der Waals surface area contributed by atoms with E-state index in [0.29, 0.717) is 18.6 Å². The summed E-state index contributed by atoms with van der Waals surface area (Å²) in [5.41, 5.74) is 1.60. The normalized spacial score (nSPS) is 18.5. The van der Waals surface area contributed by atoms with Gasteiger partial charge in [0.15, 0.2) is 6.04 Å². The Hall–Kier alpha value is -3.09. The minimum atomic E-state index is -1.55. The van der Waals surface area contributed by atoms with Crippen molar-refractivity contribution in [3.63, 3.8) is 0 Å². The molecule has 0 radical (unpaired) electrons. The number of hydrogen-bond donors (Lipinski definition) is 7. The zero-order valence-electron chi connectivity index (χ0n) is 21.0. The fraction of sp³-hybridized carbons (Fsp3) is 0.520. The van der Waals surface area contributed by atoms with E-state index in [1.54, 1.807) is 6.20 Å². The van der Waals surface area contributed by atoms with Crippen LogP contribution in [0.3, 0.4) is 0 Å². The Morgan fingerprint density at radius 3 is 2.49 bits per heavy atom. The van der Waals surface area contributed by atoms with Gasteiger partial charge in [0.25, 0.3) is 0 Å². The van der Waals surface area contributed by atoms with Crippen molar-refractivity contribution in [3.8, 4) is 0 Å². The summed E-state index contributed by atoms with van der Waals surface area (Å²) in [6, 6.07) is 3.56. The van der Waals surface area contributed by atoms with E-state index < -0.39 is 42.0 Å². The van der Waals surface area contributed by atoms with E-state index in [1.807, 2.05) is 30.5 Å². The summed E-state index contributed by atoms with van der Waals surface area (Å²) in [5, 5.41) is 31.1. The number of carbonyl (C=O) groups is 4. The molecule has 1 aromatic carbocycles. The van der Waals surface area contributed by atoms with Crippen LogP contribution in [0.5, 0.6) is 0 Å². The molecule has 0 saturated carbocycles. The molecule has 2 aromatic rings. The van der Waals surface area contributed by atoms with Gasteiger partial charge >= 0.3 is 5.97 Å². The van der Waals surface area contributed by atoms with Crippen LogP contribution in [0, 0.1) is 0 Å². The van der Waals surface area contributed by atoms with E-state index in [1.165, 1.54) is 18.7 Å². The van der Waals surface area contributed by atoms with Crippen molar-refractivity contribution in [2.24, 2.45) is 0 Å². The van der Waals surface area contributed by atoms with Gasteiger partial charge < -0.3 is 36.5 Å². The number of aromatic amines is 1. The number of rotatable bonds is 13. The van der Waals surface area contributed by atoms with Crippen LogP contribution in [0.2, 0.25) is 0 Å². The average molecular weight is 534 g/mol. The molecule has 1 aliphatic rings. The highest BCUT2D eigenvalue weighted by Gasteiger charge is 2.33. The predicted molar refractivity (Wildman–Crippen MR) is 141 cm³/mol.